The summed E-state index contributed by atoms with van der Waals surface area (Å²) in [7, 11) is 0. The lowest BCUT2D eigenvalue weighted by atomic mass is 9.90. The second kappa shape index (κ2) is 13.0. The predicted octanol–water partition coefficient (Wildman–Crippen LogP) is 5.80. The summed E-state index contributed by atoms with van der Waals surface area (Å²) in [6.07, 6.45) is 17.3. The fourth-order valence-electron chi connectivity index (χ4n) is 4.92. The smallest absolute Gasteiger partial charge is 0.152 e. The van der Waals surface area contributed by atoms with Crippen molar-refractivity contribution < 1.29 is 14.7 Å². The molecule has 5 nitrogen and oxygen atoms in total. The summed E-state index contributed by atoms with van der Waals surface area (Å²) in [6, 6.07) is 8.36. The number of Topliss-reactive ketones (excluding diaryl/α,β-unsaturated/α-hetero) is 1. The Morgan fingerprint density at radius 2 is 1.59 bits per heavy atom. The first kappa shape index (κ1) is 24.8. The largest absolute Gasteiger partial charge is 0.409 e. The zero-order valence-corrected chi connectivity index (χ0v) is 19.7. The maximum absolute atomic E-state index is 12.5. The van der Waals surface area contributed by atoms with Crippen LogP contribution >= 0.6 is 0 Å². The number of carbonyl (C=O) groups is 1. The third kappa shape index (κ3) is 7.61. The van der Waals surface area contributed by atoms with Gasteiger partial charge in [-0.25, -0.2) is 0 Å². The summed E-state index contributed by atoms with van der Waals surface area (Å²) < 4.78 is 5.89. The van der Waals surface area contributed by atoms with Gasteiger partial charge in [-0.3, -0.25) is 4.79 Å². The Balaban J connectivity index is 1.20. The zero-order chi connectivity index (χ0) is 22.7. The van der Waals surface area contributed by atoms with E-state index in [1.165, 1.54) is 76.2 Å². The van der Waals surface area contributed by atoms with E-state index < -0.39 is 5.41 Å². The number of nitrogens with two attached hydrogens (primary N) is 1. The zero-order valence-electron chi connectivity index (χ0n) is 19.7. The van der Waals surface area contributed by atoms with Crippen molar-refractivity contribution in [3.05, 3.63) is 35.4 Å². The standard InChI is InChI=1S/C27H42N2O3/c28-26(29-31)27(17-18-27)25(30)20-23-15-13-22(14-16-23)10-6-3-1-2-4-9-19-32-21-24-11-7-5-8-12-24/h13-16,24,31H,1-12,17-21H2,(H2,28,29). The Labute approximate surface area is 193 Å². The number of amidine groups is 1. The predicted molar refractivity (Wildman–Crippen MR) is 129 cm³/mol. The Kier molecular flexibility index (Phi) is 10.0. The van der Waals surface area contributed by atoms with E-state index in [0.29, 0.717) is 19.3 Å². The molecule has 0 saturated heterocycles. The van der Waals surface area contributed by atoms with Crippen LogP contribution in [-0.4, -0.2) is 30.0 Å². The molecule has 1 aromatic rings. The summed E-state index contributed by atoms with van der Waals surface area (Å²) in [5, 5.41) is 12.0. The summed E-state index contributed by atoms with van der Waals surface area (Å²) in [6.45, 7) is 1.92. The highest BCUT2D eigenvalue weighted by atomic mass is 16.5. The highest BCUT2D eigenvalue weighted by molar-refractivity contribution is 6.10. The van der Waals surface area contributed by atoms with Crippen LogP contribution in [0.25, 0.3) is 0 Å². The molecule has 0 aromatic heterocycles. The van der Waals surface area contributed by atoms with Crippen molar-refractivity contribution in [1.82, 2.24) is 0 Å². The molecule has 2 aliphatic rings. The second-order valence-electron chi connectivity index (χ2n) is 9.93. The lowest BCUT2D eigenvalue weighted by Crippen LogP contribution is -2.33. The van der Waals surface area contributed by atoms with Crippen molar-refractivity contribution in [2.45, 2.75) is 96.3 Å². The van der Waals surface area contributed by atoms with Crippen LogP contribution in [-0.2, 0) is 22.4 Å². The van der Waals surface area contributed by atoms with Crippen LogP contribution in [0.3, 0.4) is 0 Å². The minimum atomic E-state index is -0.713. The van der Waals surface area contributed by atoms with Gasteiger partial charge in [-0.15, -0.1) is 0 Å². The first-order valence-electron chi connectivity index (χ1n) is 12.8. The molecule has 0 unspecified atom stereocenters. The number of hydrogen-bond acceptors (Lipinski definition) is 4. The van der Waals surface area contributed by atoms with E-state index in [1.54, 1.807) is 0 Å². The Hall–Kier alpha value is -1.88. The van der Waals surface area contributed by atoms with Gasteiger partial charge in [0.25, 0.3) is 0 Å². The number of ether oxygens (including phenoxy) is 1. The van der Waals surface area contributed by atoms with E-state index >= 15 is 0 Å². The molecule has 0 aliphatic heterocycles. The molecule has 0 atom stereocenters. The minimum Gasteiger partial charge on any atom is -0.409 e. The van der Waals surface area contributed by atoms with Gasteiger partial charge in [0.05, 0.1) is 5.41 Å². The molecule has 0 heterocycles. The molecule has 2 aliphatic carbocycles. The lowest BCUT2D eigenvalue weighted by Gasteiger charge is -2.21. The molecule has 3 N–H and O–H groups in total. The van der Waals surface area contributed by atoms with E-state index in [4.69, 9.17) is 15.7 Å². The monoisotopic (exact) mass is 442 g/mol. The highest BCUT2D eigenvalue weighted by Crippen LogP contribution is 2.47. The molecule has 32 heavy (non-hydrogen) atoms. The van der Waals surface area contributed by atoms with Gasteiger partial charge >= 0.3 is 0 Å². The van der Waals surface area contributed by atoms with Gasteiger partial charge in [0, 0.05) is 19.6 Å². The van der Waals surface area contributed by atoms with E-state index in [9.17, 15) is 4.79 Å². The number of aryl methyl sites for hydroxylation is 1. The van der Waals surface area contributed by atoms with E-state index in [-0.39, 0.29) is 11.6 Å². The fourth-order valence-corrected chi connectivity index (χ4v) is 4.92. The first-order valence-corrected chi connectivity index (χ1v) is 12.8. The average Bonchev–Trinajstić information content (AvgIpc) is 3.64. The summed E-state index contributed by atoms with van der Waals surface area (Å²) in [5.41, 5.74) is 7.33. The number of benzene rings is 1. The molecule has 2 fully saturated rings. The van der Waals surface area contributed by atoms with E-state index in [0.717, 1.165) is 31.1 Å². The topological polar surface area (TPSA) is 84.9 Å². The van der Waals surface area contributed by atoms with Crippen LogP contribution < -0.4 is 5.73 Å². The van der Waals surface area contributed by atoms with Crippen LogP contribution in [0.5, 0.6) is 0 Å². The summed E-state index contributed by atoms with van der Waals surface area (Å²) in [5.74, 6) is 0.943. The molecule has 5 heteroatoms. The molecule has 2 saturated carbocycles. The molecule has 0 radical (unpaired) electrons. The van der Waals surface area contributed by atoms with Gasteiger partial charge in [-0.2, -0.15) is 0 Å². The highest BCUT2D eigenvalue weighted by Gasteiger charge is 2.53. The van der Waals surface area contributed by atoms with Crippen molar-refractivity contribution in [1.29, 1.82) is 0 Å². The Morgan fingerprint density at radius 3 is 2.25 bits per heavy atom. The normalized spacial score (nSPS) is 18.6. The number of hydrogen-bond donors (Lipinski definition) is 2. The van der Waals surface area contributed by atoms with E-state index in [1.807, 2.05) is 12.1 Å². The molecular formula is C27H42N2O3. The molecule has 0 spiro atoms. The molecule has 178 valence electrons. The fraction of sp³-hybridized carbons (Fsp3) is 0.704. The van der Waals surface area contributed by atoms with Crippen molar-refractivity contribution in [3.63, 3.8) is 0 Å². The number of oxime groups is 1. The summed E-state index contributed by atoms with van der Waals surface area (Å²) in [4.78, 5) is 12.5. The van der Waals surface area contributed by atoms with Gasteiger partial charge < -0.3 is 15.7 Å². The van der Waals surface area contributed by atoms with Crippen molar-refractivity contribution >= 4 is 11.6 Å². The molecular weight excluding hydrogens is 400 g/mol. The number of rotatable bonds is 15. The van der Waals surface area contributed by atoms with Crippen molar-refractivity contribution in [2.75, 3.05) is 13.2 Å². The number of nitrogens with zero attached hydrogens (tertiary/aromatic N) is 1. The van der Waals surface area contributed by atoms with E-state index in [2.05, 4.69) is 17.3 Å². The number of unbranched alkanes of at least 4 members (excludes halogenated alkanes) is 5. The van der Waals surface area contributed by atoms with Crippen molar-refractivity contribution in [3.8, 4) is 0 Å². The van der Waals surface area contributed by atoms with Crippen LogP contribution in [0.2, 0.25) is 0 Å². The van der Waals surface area contributed by atoms with Gasteiger partial charge in [-0.1, -0.05) is 74.4 Å². The van der Waals surface area contributed by atoms with Crippen LogP contribution in [0, 0.1) is 11.3 Å². The third-order valence-corrected chi connectivity index (χ3v) is 7.35. The van der Waals surface area contributed by atoms with Gasteiger partial charge in [0.2, 0.25) is 0 Å². The summed E-state index contributed by atoms with van der Waals surface area (Å²) >= 11 is 0. The Bertz CT molecular complexity index is 719. The maximum atomic E-state index is 12.5. The average molecular weight is 443 g/mol. The second-order valence-corrected chi connectivity index (χ2v) is 9.93. The number of carbonyl (C=O) groups excluding carboxylic acids is 1. The lowest BCUT2D eigenvalue weighted by molar-refractivity contribution is -0.121. The van der Waals surface area contributed by atoms with Crippen LogP contribution in [0.4, 0.5) is 0 Å². The van der Waals surface area contributed by atoms with Crippen LogP contribution in [0.1, 0.15) is 94.6 Å². The molecule has 0 bridgehead atoms. The molecule has 1 aromatic carbocycles. The van der Waals surface area contributed by atoms with Gasteiger partial charge in [-0.05, 0) is 62.0 Å². The molecule has 3 rings (SSSR count). The van der Waals surface area contributed by atoms with Crippen molar-refractivity contribution in [2.24, 2.45) is 22.2 Å². The minimum absolute atomic E-state index is 0.0555. The first-order chi connectivity index (χ1) is 15.6. The Morgan fingerprint density at radius 1 is 0.969 bits per heavy atom. The quantitative estimate of drug-likeness (QED) is 0.118. The number of ketones is 1. The van der Waals surface area contributed by atoms with Gasteiger partial charge in [0.1, 0.15) is 0 Å². The van der Waals surface area contributed by atoms with Crippen LogP contribution in [0.15, 0.2) is 29.4 Å². The molecule has 0 amide bonds. The van der Waals surface area contributed by atoms with Gasteiger partial charge in [0.15, 0.2) is 11.6 Å². The SMILES string of the molecule is N/C(=N\O)C1(C(=O)Cc2ccc(CCCCCCCCOCC3CCCCC3)cc2)CC1. The maximum Gasteiger partial charge on any atom is 0.152 e. The third-order valence-electron chi connectivity index (χ3n) is 7.35.